The number of hydrogen-bond donors (Lipinski definition) is 2. The van der Waals surface area contributed by atoms with E-state index in [0.717, 1.165) is 37.4 Å². The first kappa shape index (κ1) is 24.1. The maximum Gasteiger partial charge on any atom is 0.275 e. The summed E-state index contributed by atoms with van der Waals surface area (Å²) in [6.07, 6.45) is 3.99. The highest BCUT2D eigenvalue weighted by Gasteiger charge is 2.16. The molecule has 1 fully saturated rings. The predicted octanol–water partition coefficient (Wildman–Crippen LogP) is 3.10. The third-order valence-corrected chi connectivity index (χ3v) is 6.35. The van der Waals surface area contributed by atoms with Crippen LogP contribution in [0.15, 0.2) is 72.3 Å². The third kappa shape index (κ3) is 5.19. The number of rotatable bonds is 6. The van der Waals surface area contributed by atoms with Crippen LogP contribution in [-0.2, 0) is 4.79 Å². The fourth-order valence-electron chi connectivity index (χ4n) is 4.40. The number of benzene rings is 2. The molecular formula is C27H28N8O2. The summed E-state index contributed by atoms with van der Waals surface area (Å²) in [5, 5.41) is 5.97. The van der Waals surface area contributed by atoms with Crippen molar-refractivity contribution in [3.63, 3.8) is 0 Å². The SMILES string of the molecule is C=CC(=O)Nc1cccc(-n2c(=O)cnc3cnc(Nc4ccc(N5CCN(C)CC5)c(C)c4)nc32)c1. The van der Waals surface area contributed by atoms with Crippen LogP contribution in [0.5, 0.6) is 0 Å². The molecule has 2 aromatic heterocycles. The first-order chi connectivity index (χ1) is 17.9. The number of anilines is 4. The number of hydrogen-bond acceptors (Lipinski definition) is 8. The molecule has 0 aliphatic carbocycles. The highest BCUT2D eigenvalue weighted by Crippen LogP contribution is 2.26. The standard InChI is InChI=1S/C27H28N8O2/c1-4-24(36)30-19-6-5-7-21(15-19)35-25(37)17-28-22-16-29-27(32-26(22)35)31-20-8-9-23(18(2)14-20)34-12-10-33(3)11-13-34/h4-9,14-17H,1,10-13H2,2-3H3,(H,30,36)(H,29,31,32). The van der Waals surface area contributed by atoms with Crippen LogP contribution in [0.4, 0.5) is 23.0 Å². The van der Waals surface area contributed by atoms with E-state index in [2.05, 4.69) is 68.1 Å². The number of likely N-dealkylation sites (N-methyl/N-ethyl adjacent to an activating group) is 1. The molecule has 0 bridgehead atoms. The van der Waals surface area contributed by atoms with Crippen LogP contribution in [0.2, 0.25) is 0 Å². The smallest absolute Gasteiger partial charge is 0.275 e. The molecule has 1 aliphatic heterocycles. The van der Waals surface area contributed by atoms with Gasteiger partial charge in [0.25, 0.3) is 5.56 Å². The van der Waals surface area contributed by atoms with Gasteiger partial charge in [0.15, 0.2) is 5.65 Å². The third-order valence-electron chi connectivity index (χ3n) is 6.35. The zero-order valence-electron chi connectivity index (χ0n) is 20.8. The lowest BCUT2D eigenvalue weighted by Gasteiger charge is -2.35. The minimum atomic E-state index is -0.350. The van der Waals surface area contributed by atoms with Gasteiger partial charge in [-0.3, -0.25) is 14.2 Å². The molecule has 4 aromatic rings. The number of nitrogens with zero attached hydrogens (tertiary/aromatic N) is 6. The molecule has 10 nitrogen and oxygen atoms in total. The monoisotopic (exact) mass is 496 g/mol. The van der Waals surface area contributed by atoms with Crippen LogP contribution < -0.4 is 21.1 Å². The zero-order chi connectivity index (χ0) is 25.9. The van der Waals surface area contributed by atoms with E-state index in [4.69, 9.17) is 0 Å². The Hall–Kier alpha value is -4.57. The van der Waals surface area contributed by atoms with Crippen molar-refractivity contribution in [2.24, 2.45) is 0 Å². The topological polar surface area (TPSA) is 108 Å². The summed E-state index contributed by atoms with van der Waals surface area (Å²) in [6.45, 7) is 9.66. The highest BCUT2D eigenvalue weighted by atomic mass is 16.1. The Labute approximate surface area is 214 Å². The van der Waals surface area contributed by atoms with Gasteiger partial charge in [-0.25, -0.2) is 9.97 Å². The van der Waals surface area contributed by atoms with Crippen molar-refractivity contribution >= 4 is 40.1 Å². The Morgan fingerprint density at radius 1 is 1.03 bits per heavy atom. The van der Waals surface area contributed by atoms with E-state index in [9.17, 15) is 9.59 Å². The molecule has 5 rings (SSSR count). The van der Waals surface area contributed by atoms with Crippen molar-refractivity contribution in [2.75, 3.05) is 48.8 Å². The van der Waals surface area contributed by atoms with Crippen LogP contribution in [0.1, 0.15) is 5.56 Å². The molecule has 3 heterocycles. The van der Waals surface area contributed by atoms with Crippen molar-refractivity contribution in [2.45, 2.75) is 6.92 Å². The molecule has 0 atom stereocenters. The van der Waals surface area contributed by atoms with E-state index in [1.54, 1.807) is 30.5 Å². The Kier molecular flexibility index (Phi) is 6.65. The summed E-state index contributed by atoms with van der Waals surface area (Å²) >= 11 is 0. The Bertz CT molecular complexity index is 1540. The molecule has 10 heteroatoms. The van der Waals surface area contributed by atoms with Crippen LogP contribution in [0.3, 0.4) is 0 Å². The van der Waals surface area contributed by atoms with E-state index in [1.807, 2.05) is 6.07 Å². The van der Waals surface area contributed by atoms with Gasteiger partial charge in [-0.2, -0.15) is 4.98 Å². The quantitative estimate of drug-likeness (QED) is 0.392. The summed E-state index contributed by atoms with van der Waals surface area (Å²) in [4.78, 5) is 42.6. The van der Waals surface area contributed by atoms with Gasteiger partial charge in [0.1, 0.15) is 5.52 Å². The number of aryl methyl sites for hydroxylation is 1. The number of amides is 1. The molecule has 2 N–H and O–H groups in total. The zero-order valence-corrected chi connectivity index (χ0v) is 20.8. The van der Waals surface area contributed by atoms with E-state index in [-0.39, 0.29) is 11.5 Å². The molecule has 1 saturated heterocycles. The summed E-state index contributed by atoms with van der Waals surface area (Å²) in [5.41, 5.74) is 4.76. The lowest BCUT2D eigenvalue weighted by molar-refractivity contribution is -0.111. The summed E-state index contributed by atoms with van der Waals surface area (Å²) in [5.74, 6) is 0.00309. The normalized spacial score (nSPS) is 13.9. The number of fused-ring (bicyclic) bond motifs is 1. The molecule has 1 aliphatic rings. The van der Waals surface area contributed by atoms with Gasteiger partial charge >= 0.3 is 0 Å². The minimum absolute atomic E-state index is 0.341. The number of aromatic nitrogens is 4. The van der Waals surface area contributed by atoms with E-state index >= 15 is 0 Å². The van der Waals surface area contributed by atoms with Gasteiger partial charge < -0.3 is 20.4 Å². The predicted molar refractivity (Wildman–Crippen MR) is 146 cm³/mol. The fraction of sp³-hybridized carbons (Fsp3) is 0.222. The molecule has 0 saturated carbocycles. The summed E-state index contributed by atoms with van der Waals surface area (Å²) in [6, 6.07) is 13.1. The van der Waals surface area contributed by atoms with Gasteiger partial charge in [0.2, 0.25) is 11.9 Å². The van der Waals surface area contributed by atoms with Gasteiger partial charge in [0, 0.05) is 43.2 Å². The fourth-order valence-corrected chi connectivity index (χ4v) is 4.40. The van der Waals surface area contributed by atoms with Gasteiger partial charge in [-0.1, -0.05) is 12.6 Å². The maximum atomic E-state index is 12.9. The van der Waals surface area contributed by atoms with Gasteiger partial charge in [-0.05, 0) is 62.0 Å². The van der Waals surface area contributed by atoms with Crippen LogP contribution in [0.25, 0.3) is 16.9 Å². The number of nitrogens with one attached hydrogen (secondary N) is 2. The number of carbonyl (C=O) groups excluding carboxylic acids is 1. The van der Waals surface area contributed by atoms with Gasteiger partial charge in [0.05, 0.1) is 18.1 Å². The van der Waals surface area contributed by atoms with Crippen molar-refractivity contribution < 1.29 is 4.79 Å². The second kappa shape index (κ2) is 10.2. The van der Waals surface area contributed by atoms with E-state index < -0.39 is 0 Å². The van der Waals surface area contributed by atoms with Crippen molar-refractivity contribution in [3.8, 4) is 5.69 Å². The first-order valence-electron chi connectivity index (χ1n) is 12.0. The second-order valence-electron chi connectivity index (χ2n) is 8.99. The van der Waals surface area contributed by atoms with Crippen molar-refractivity contribution in [1.29, 1.82) is 0 Å². The average Bonchev–Trinajstić information content (AvgIpc) is 2.89. The Morgan fingerprint density at radius 3 is 2.59 bits per heavy atom. The molecule has 188 valence electrons. The average molecular weight is 497 g/mol. The largest absolute Gasteiger partial charge is 0.369 e. The number of carbonyl (C=O) groups is 1. The molecule has 0 unspecified atom stereocenters. The summed E-state index contributed by atoms with van der Waals surface area (Å²) in [7, 11) is 2.15. The van der Waals surface area contributed by atoms with Crippen molar-refractivity contribution in [1.82, 2.24) is 24.4 Å². The molecule has 2 aromatic carbocycles. The van der Waals surface area contributed by atoms with E-state index in [1.165, 1.54) is 22.5 Å². The molecular weight excluding hydrogens is 468 g/mol. The molecule has 1 amide bonds. The lowest BCUT2D eigenvalue weighted by Crippen LogP contribution is -2.44. The molecule has 0 spiro atoms. The van der Waals surface area contributed by atoms with Crippen molar-refractivity contribution in [3.05, 3.63) is 83.4 Å². The highest BCUT2D eigenvalue weighted by molar-refractivity contribution is 5.99. The molecule has 37 heavy (non-hydrogen) atoms. The maximum absolute atomic E-state index is 12.9. The first-order valence-corrected chi connectivity index (χ1v) is 12.0. The van der Waals surface area contributed by atoms with Crippen LogP contribution in [-0.4, -0.2) is 63.6 Å². The molecule has 0 radical (unpaired) electrons. The Balaban J connectivity index is 1.46. The van der Waals surface area contributed by atoms with Crippen LogP contribution >= 0.6 is 0 Å². The van der Waals surface area contributed by atoms with E-state index in [0.29, 0.717) is 28.5 Å². The number of piperazine rings is 1. The lowest BCUT2D eigenvalue weighted by atomic mass is 10.1. The minimum Gasteiger partial charge on any atom is -0.369 e. The van der Waals surface area contributed by atoms with Crippen LogP contribution in [0, 0.1) is 6.92 Å². The summed E-state index contributed by atoms with van der Waals surface area (Å²) < 4.78 is 1.44. The Morgan fingerprint density at radius 2 is 1.84 bits per heavy atom. The second-order valence-corrected chi connectivity index (χ2v) is 8.99. The van der Waals surface area contributed by atoms with Gasteiger partial charge in [-0.15, -0.1) is 0 Å².